The SMILES string of the molecule is CC(C)(CO)[C@@H](O)C(=S)NCCC(=S)NCCS. The van der Waals surface area contributed by atoms with Crippen LogP contribution in [0.4, 0.5) is 0 Å². The predicted molar refractivity (Wildman–Crippen MR) is 86.5 cm³/mol. The van der Waals surface area contributed by atoms with Crippen LogP contribution < -0.4 is 10.6 Å². The van der Waals surface area contributed by atoms with Gasteiger partial charge in [-0.15, -0.1) is 0 Å². The maximum absolute atomic E-state index is 9.93. The Hall–Kier alpha value is 0.0500. The van der Waals surface area contributed by atoms with Crippen molar-refractivity contribution in [1.82, 2.24) is 10.6 Å². The van der Waals surface area contributed by atoms with Crippen molar-refractivity contribution in [3.8, 4) is 0 Å². The molecule has 0 aromatic carbocycles. The number of hydrogen-bond acceptors (Lipinski definition) is 5. The van der Waals surface area contributed by atoms with Gasteiger partial charge < -0.3 is 20.8 Å². The van der Waals surface area contributed by atoms with E-state index in [0.29, 0.717) is 18.0 Å². The van der Waals surface area contributed by atoms with Gasteiger partial charge in [0.1, 0.15) is 11.1 Å². The van der Waals surface area contributed by atoms with Crippen LogP contribution in [0.1, 0.15) is 20.3 Å². The van der Waals surface area contributed by atoms with Crippen LogP contribution in [-0.4, -0.2) is 51.7 Å². The lowest BCUT2D eigenvalue weighted by atomic mass is 9.87. The number of aliphatic hydroxyl groups excluding tert-OH is 2. The third-order valence-corrected chi connectivity index (χ3v) is 3.42. The molecule has 0 aliphatic carbocycles. The Balaban J connectivity index is 3.94. The molecule has 0 aromatic rings. The molecule has 18 heavy (non-hydrogen) atoms. The minimum absolute atomic E-state index is 0.127. The molecule has 4 N–H and O–H groups in total. The Morgan fingerprint density at radius 2 is 1.89 bits per heavy atom. The predicted octanol–water partition coefficient (Wildman–Crippen LogP) is 0.520. The number of rotatable bonds is 8. The van der Waals surface area contributed by atoms with Crippen LogP contribution >= 0.6 is 37.1 Å². The maximum atomic E-state index is 9.93. The summed E-state index contributed by atoms with van der Waals surface area (Å²) < 4.78 is 0. The van der Waals surface area contributed by atoms with Crippen molar-refractivity contribution in [2.45, 2.75) is 26.4 Å². The smallest absolute Gasteiger partial charge is 0.111 e. The minimum atomic E-state index is -0.864. The Labute approximate surface area is 125 Å². The topological polar surface area (TPSA) is 64.5 Å². The van der Waals surface area contributed by atoms with Gasteiger partial charge in [-0.25, -0.2) is 0 Å². The van der Waals surface area contributed by atoms with Gasteiger partial charge in [0, 0.05) is 30.7 Å². The molecule has 0 fully saturated rings. The molecule has 0 amide bonds. The van der Waals surface area contributed by atoms with Crippen LogP contribution in [0.5, 0.6) is 0 Å². The first kappa shape index (κ1) is 18.0. The summed E-state index contributed by atoms with van der Waals surface area (Å²) in [6, 6.07) is 0. The fraction of sp³-hybridized carbons (Fsp3) is 0.818. The fourth-order valence-corrected chi connectivity index (χ4v) is 1.86. The highest BCUT2D eigenvalue weighted by molar-refractivity contribution is 7.80. The van der Waals surface area contributed by atoms with Crippen molar-refractivity contribution >= 4 is 47.0 Å². The number of aliphatic hydroxyl groups is 2. The lowest BCUT2D eigenvalue weighted by Gasteiger charge is -2.29. The van der Waals surface area contributed by atoms with Crippen molar-refractivity contribution in [3.05, 3.63) is 0 Å². The third kappa shape index (κ3) is 6.84. The molecule has 4 nitrogen and oxygen atoms in total. The summed E-state index contributed by atoms with van der Waals surface area (Å²) in [5.41, 5.74) is -0.644. The third-order valence-electron chi connectivity index (χ3n) is 2.48. The zero-order valence-electron chi connectivity index (χ0n) is 10.8. The lowest BCUT2D eigenvalue weighted by Crippen LogP contribution is -2.45. The maximum Gasteiger partial charge on any atom is 0.111 e. The summed E-state index contributed by atoms with van der Waals surface area (Å²) in [6.07, 6.45) is -0.216. The molecule has 0 saturated carbocycles. The second-order valence-corrected chi connectivity index (χ2v) is 6.04. The molecular weight excluding hydrogens is 288 g/mol. The standard InChI is InChI=1S/C11H22N2O2S3/c1-11(2,7-14)9(15)10(18)13-4-3-8(17)12-5-6-16/h9,14-16H,3-7H2,1-2H3,(H,12,17)(H,13,18)/t9-/m0/s1. The first-order chi connectivity index (χ1) is 8.35. The van der Waals surface area contributed by atoms with Crippen LogP contribution in [0.15, 0.2) is 0 Å². The van der Waals surface area contributed by atoms with Gasteiger partial charge in [-0.2, -0.15) is 12.6 Å². The van der Waals surface area contributed by atoms with Crippen LogP contribution in [-0.2, 0) is 0 Å². The van der Waals surface area contributed by atoms with E-state index < -0.39 is 11.5 Å². The summed E-state index contributed by atoms with van der Waals surface area (Å²) in [6.45, 7) is 4.69. The van der Waals surface area contributed by atoms with Gasteiger partial charge in [0.05, 0.1) is 11.6 Å². The molecule has 0 radical (unpaired) electrons. The molecule has 0 bridgehead atoms. The minimum Gasteiger partial charge on any atom is -0.396 e. The van der Waals surface area contributed by atoms with Gasteiger partial charge >= 0.3 is 0 Å². The van der Waals surface area contributed by atoms with Gasteiger partial charge in [0.15, 0.2) is 0 Å². The molecule has 1 atom stereocenters. The van der Waals surface area contributed by atoms with Crippen molar-refractivity contribution < 1.29 is 10.2 Å². The Kier molecular flexibility index (Phi) is 9.06. The molecule has 7 heteroatoms. The summed E-state index contributed by atoms with van der Waals surface area (Å²) in [5.74, 6) is 0.732. The van der Waals surface area contributed by atoms with Crippen LogP contribution in [0.25, 0.3) is 0 Å². The van der Waals surface area contributed by atoms with E-state index in [4.69, 9.17) is 29.5 Å². The van der Waals surface area contributed by atoms with Crippen LogP contribution in [0, 0.1) is 5.41 Å². The summed E-state index contributed by atoms with van der Waals surface area (Å²) >= 11 is 14.3. The van der Waals surface area contributed by atoms with Gasteiger partial charge in [0.25, 0.3) is 0 Å². The molecular formula is C11H22N2O2S3. The van der Waals surface area contributed by atoms with Crippen molar-refractivity contribution in [2.75, 3.05) is 25.4 Å². The summed E-state index contributed by atoms with van der Waals surface area (Å²) in [7, 11) is 0. The van der Waals surface area contributed by atoms with E-state index in [0.717, 1.165) is 17.3 Å². The quantitative estimate of drug-likeness (QED) is 0.333. The second-order valence-electron chi connectivity index (χ2n) is 4.66. The van der Waals surface area contributed by atoms with Crippen LogP contribution in [0.2, 0.25) is 0 Å². The van der Waals surface area contributed by atoms with E-state index in [1.54, 1.807) is 13.8 Å². The second kappa shape index (κ2) is 9.03. The van der Waals surface area contributed by atoms with E-state index in [-0.39, 0.29) is 6.61 Å². The molecule has 0 aromatic heterocycles. The number of thiocarbonyl (C=S) groups is 2. The molecule has 0 aliphatic rings. The van der Waals surface area contributed by atoms with E-state index in [1.165, 1.54) is 0 Å². The average Bonchev–Trinajstić information content (AvgIpc) is 2.35. The molecule has 0 rings (SSSR count). The molecule has 0 heterocycles. The van der Waals surface area contributed by atoms with Gasteiger partial charge in [-0.3, -0.25) is 0 Å². The van der Waals surface area contributed by atoms with Crippen LogP contribution in [0.3, 0.4) is 0 Å². The monoisotopic (exact) mass is 310 g/mol. The molecule has 0 spiro atoms. The normalized spacial score (nSPS) is 12.9. The molecule has 0 aliphatic heterocycles. The summed E-state index contributed by atoms with van der Waals surface area (Å²) in [4.78, 5) is 1.08. The highest BCUT2D eigenvalue weighted by Gasteiger charge is 2.30. The Morgan fingerprint density at radius 3 is 2.39 bits per heavy atom. The fourth-order valence-electron chi connectivity index (χ4n) is 1.12. The first-order valence-corrected chi connectivity index (χ1v) is 7.24. The number of thiol groups is 1. The number of nitrogens with one attached hydrogen (secondary N) is 2. The zero-order chi connectivity index (χ0) is 14.2. The average molecular weight is 311 g/mol. The highest BCUT2D eigenvalue weighted by atomic mass is 32.1. The van der Waals surface area contributed by atoms with Crippen molar-refractivity contribution in [2.24, 2.45) is 5.41 Å². The van der Waals surface area contributed by atoms with Gasteiger partial charge in [0.2, 0.25) is 0 Å². The first-order valence-electron chi connectivity index (χ1n) is 5.79. The lowest BCUT2D eigenvalue weighted by molar-refractivity contribution is 0.0495. The summed E-state index contributed by atoms with van der Waals surface area (Å²) in [5, 5.41) is 25.1. The number of hydrogen-bond donors (Lipinski definition) is 5. The molecule has 0 saturated heterocycles. The Morgan fingerprint density at radius 1 is 1.28 bits per heavy atom. The van der Waals surface area contributed by atoms with Crippen molar-refractivity contribution in [1.29, 1.82) is 0 Å². The van der Waals surface area contributed by atoms with E-state index in [1.807, 2.05) is 0 Å². The highest BCUT2D eigenvalue weighted by Crippen LogP contribution is 2.20. The Bertz CT molecular complexity index is 285. The van der Waals surface area contributed by atoms with E-state index in [2.05, 4.69) is 23.3 Å². The molecule has 0 unspecified atom stereocenters. The van der Waals surface area contributed by atoms with Gasteiger partial charge in [-0.1, -0.05) is 38.3 Å². The zero-order valence-corrected chi connectivity index (χ0v) is 13.3. The largest absolute Gasteiger partial charge is 0.396 e. The van der Waals surface area contributed by atoms with Gasteiger partial charge in [-0.05, 0) is 0 Å². The van der Waals surface area contributed by atoms with Crippen molar-refractivity contribution in [3.63, 3.8) is 0 Å². The molecule has 106 valence electrons. The van der Waals surface area contributed by atoms with E-state index >= 15 is 0 Å². The van der Waals surface area contributed by atoms with E-state index in [9.17, 15) is 5.11 Å².